The number of ether oxygens (including phenoxy) is 1. The van der Waals surface area contributed by atoms with Crippen molar-refractivity contribution < 1.29 is 4.74 Å². The van der Waals surface area contributed by atoms with E-state index in [2.05, 4.69) is 13.5 Å². The quantitative estimate of drug-likeness (QED) is 0.463. The van der Waals surface area contributed by atoms with Gasteiger partial charge in [-0.25, -0.2) is 0 Å². The number of hydrogen-bond donors (Lipinski definition) is 0. The van der Waals surface area contributed by atoms with E-state index >= 15 is 0 Å². The Hall–Kier alpha value is -0.300. The minimum atomic E-state index is 0.755. The molecular weight excluding hydrogens is 148 g/mol. The second-order valence-corrected chi connectivity index (χ2v) is 3.59. The first kappa shape index (κ1) is 9.79. The van der Waals surface area contributed by atoms with Gasteiger partial charge in [-0.05, 0) is 38.5 Å². The zero-order valence-corrected chi connectivity index (χ0v) is 8.14. The van der Waals surface area contributed by atoms with Crippen LogP contribution >= 0.6 is 0 Å². The first-order valence-corrected chi connectivity index (χ1v) is 5.10. The summed E-state index contributed by atoms with van der Waals surface area (Å²) in [5.41, 5.74) is 1.46. The molecule has 0 amide bonds. The maximum Gasteiger partial charge on any atom is 0.0471 e. The van der Waals surface area contributed by atoms with Gasteiger partial charge in [0.15, 0.2) is 0 Å². The lowest BCUT2D eigenvalue weighted by atomic mass is 9.83. The molecule has 1 heteroatoms. The smallest absolute Gasteiger partial charge is 0.0471 e. The summed E-state index contributed by atoms with van der Waals surface area (Å²) in [5.74, 6) is 0.755. The SMILES string of the molecule is C=C1CCCCC1CCOCC. The van der Waals surface area contributed by atoms with Crippen LogP contribution in [0.2, 0.25) is 0 Å². The predicted octanol–water partition coefficient (Wildman–Crippen LogP) is 3.16. The van der Waals surface area contributed by atoms with Gasteiger partial charge in [0.05, 0.1) is 0 Å². The Labute approximate surface area is 75.8 Å². The van der Waals surface area contributed by atoms with Gasteiger partial charge in [0, 0.05) is 13.2 Å². The van der Waals surface area contributed by atoms with E-state index in [0.29, 0.717) is 0 Å². The standard InChI is InChI=1S/C11H20O/c1-3-12-9-8-11-7-5-4-6-10(11)2/h11H,2-9H2,1H3. The molecule has 12 heavy (non-hydrogen) atoms. The first-order valence-electron chi connectivity index (χ1n) is 5.10. The van der Waals surface area contributed by atoms with Gasteiger partial charge in [0.25, 0.3) is 0 Å². The fourth-order valence-corrected chi connectivity index (χ4v) is 1.87. The van der Waals surface area contributed by atoms with Crippen LogP contribution in [-0.2, 0) is 4.74 Å². The summed E-state index contributed by atoms with van der Waals surface area (Å²) in [7, 11) is 0. The molecule has 1 aliphatic rings. The third-order valence-corrected chi connectivity index (χ3v) is 2.69. The van der Waals surface area contributed by atoms with E-state index in [0.717, 1.165) is 19.1 Å². The maximum atomic E-state index is 5.34. The second-order valence-electron chi connectivity index (χ2n) is 3.59. The molecule has 0 bridgehead atoms. The zero-order chi connectivity index (χ0) is 8.81. The molecule has 1 nitrogen and oxygen atoms in total. The number of hydrogen-bond acceptors (Lipinski definition) is 1. The lowest BCUT2D eigenvalue weighted by molar-refractivity contribution is 0.132. The van der Waals surface area contributed by atoms with Gasteiger partial charge in [-0.15, -0.1) is 0 Å². The van der Waals surface area contributed by atoms with Gasteiger partial charge in [-0.1, -0.05) is 18.6 Å². The van der Waals surface area contributed by atoms with Crippen LogP contribution in [0.25, 0.3) is 0 Å². The highest BCUT2D eigenvalue weighted by Gasteiger charge is 2.16. The molecule has 0 aromatic heterocycles. The molecule has 1 unspecified atom stereocenters. The molecule has 70 valence electrons. The molecule has 0 aliphatic heterocycles. The Morgan fingerprint density at radius 3 is 3.00 bits per heavy atom. The van der Waals surface area contributed by atoms with Gasteiger partial charge in [0.1, 0.15) is 0 Å². The molecule has 1 atom stereocenters. The van der Waals surface area contributed by atoms with Crippen molar-refractivity contribution >= 4 is 0 Å². The summed E-state index contributed by atoms with van der Waals surface area (Å²) >= 11 is 0. The molecular formula is C11H20O. The van der Waals surface area contributed by atoms with E-state index in [1.807, 2.05) is 0 Å². The molecule has 0 saturated heterocycles. The molecule has 0 aromatic carbocycles. The van der Waals surface area contributed by atoms with Crippen molar-refractivity contribution in [3.05, 3.63) is 12.2 Å². The van der Waals surface area contributed by atoms with Crippen LogP contribution in [0, 0.1) is 5.92 Å². The Morgan fingerprint density at radius 1 is 1.50 bits per heavy atom. The summed E-state index contributed by atoms with van der Waals surface area (Å²) in [5, 5.41) is 0. The minimum Gasteiger partial charge on any atom is -0.382 e. The molecule has 1 aliphatic carbocycles. The normalized spacial score (nSPS) is 24.4. The zero-order valence-electron chi connectivity index (χ0n) is 8.14. The molecule has 0 spiro atoms. The maximum absolute atomic E-state index is 5.34. The molecule has 0 N–H and O–H groups in total. The van der Waals surface area contributed by atoms with E-state index in [9.17, 15) is 0 Å². The summed E-state index contributed by atoms with van der Waals surface area (Å²) in [4.78, 5) is 0. The van der Waals surface area contributed by atoms with Crippen LogP contribution in [0.5, 0.6) is 0 Å². The van der Waals surface area contributed by atoms with Gasteiger partial charge in [0.2, 0.25) is 0 Å². The third-order valence-electron chi connectivity index (χ3n) is 2.69. The van der Waals surface area contributed by atoms with Crippen molar-refractivity contribution in [3.8, 4) is 0 Å². The van der Waals surface area contributed by atoms with E-state index < -0.39 is 0 Å². The highest BCUT2D eigenvalue weighted by Crippen LogP contribution is 2.30. The van der Waals surface area contributed by atoms with Crippen LogP contribution in [0.3, 0.4) is 0 Å². The first-order chi connectivity index (χ1) is 5.84. The summed E-state index contributed by atoms with van der Waals surface area (Å²) in [6.07, 6.45) is 6.51. The van der Waals surface area contributed by atoms with E-state index in [-0.39, 0.29) is 0 Å². The average molecular weight is 168 g/mol. The fraction of sp³-hybridized carbons (Fsp3) is 0.818. The van der Waals surface area contributed by atoms with Crippen LogP contribution in [-0.4, -0.2) is 13.2 Å². The van der Waals surface area contributed by atoms with Crippen molar-refractivity contribution in [3.63, 3.8) is 0 Å². The van der Waals surface area contributed by atoms with Crippen LogP contribution < -0.4 is 0 Å². The monoisotopic (exact) mass is 168 g/mol. The van der Waals surface area contributed by atoms with E-state index in [4.69, 9.17) is 4.74 Å². The van der Waals surface area contributed by atoms with E-state index in [1.54, 1.807) is 0 Å². The number of allylic oxidation sites excluding steroid dienone is 1. The van der Waals surface area contributed by atoms with Gasteiger partial charge >= 0.3 is 0 Å². The molecule has 1 fully saturated rings. The topological polar surface area (TPSA) is 9.23 Å². The van der Waals surface area contributed by atoms with Crippen molar-refractivity contribution in [2.24, 2.45) is 5.92 Å². The molecule has 1 rings (SSSR count). The summed E-state index contributed by atoms with van der Waals surface area (Å²) in [6.45, 7) is 7.93. The molecule has 0 radical (unpaired) electrons. The Balaban J connectivity index is 2.16. The molecule has 0 heterocycles. The van der Waals surface area contributed by atoms with Crippen LogP contribution in [0.4, 0.5) is 0 Å². The molecule has 0 aromatic rings. The van der Waals surface area contributed by atoms with Crippen molar-refractivity contribution in [1.82, 2.24) is 0 Å². The lowest BCUT2D eigenvalue weighted by Gasteiger charge is -2.24. The van der Waals surface area contributed by atoms with Gasteiger partial charge in [-0.2, -0.15) is 0 Å². The Bertz CT molecular complexity index is 140. The average Bonchev–Trinajstić information content (AvgIpc) is 2.09. The van der Waals surface area contributed by atoms with Crippen molar-refractivity contribution in [2.45, 2.75) is 39.0 Å². The highest BCUT2D eigenvalue weighted by molar-refractivity contribution is 5.03. The van der Waals surface area contributed by atoms with Crippen LogP contribution in [0.15, 0.2) is 12.2 Å². The second kappa shape index (κ2) is 5.36. The van der Waals surface area contributed by atoms with Crippen molar-refractivity contribution in [1.29, 1.82) is 0 Å². The lowest BCUT2D eigenvalue weighted by Crippen LogP contribution is -2.11. The third kappa shape index (κ3) is 2.98. The van der Waals surface area contributed by atoms with Gasteiger partial charge < -0.3 is 4.74 Å². The number of rotatable bonds is 4. The van der Waals surface area contributed by atoms with Crippen molar-refractivity contribution in [2.75, 3.05) is 13.2 Å². The highest BCUT2D eigenvalue weighted by atomic mass is 16.5. The Kier molecular flexibility index (Phi) is 4.37. The largest absolute Gasteiger partial charge is 0.382 e. The fourth-order valence-electron chi connectivity index (χ4n) is 1.87. The van der Waals surface area contributed by atoms with Gasteiger partial charge in [-0.3, -0.25) is 0 Å². The molecule has 1 saturated carbocycles. The summed E-state index contributed by atoms with van der Waals surface area (Å²) < 4.78 is 5.34. The minimum absolute atomic E-state index is 0.755. The predicted molar refractivity (Wildman–Crippen MR) is 52.2 cm³/mol. The summed E-state index contributed by atoms with van der Waals surface area (Å²) in [6, 6.07) is 0. The van der Waals surface area contributed by atoms with Crippen LogP contribution in [0.1, 0.15) is 39.0 Å². The van der Waals surface area contributed by atoms with E-state index in [1.165, 1.54) is 37.7 Å². The Morgan fingerprint density at radius 2 is 2.33 bits per heavy atom.